The van der Waals surface area contributed by atoms with Gasteiger partial charge in [-0.1, -0.05) is 24.0 Å². The third-order valence-corrected chi connectivity index (χ3v) is 6.41. The molecule has 31 heavy (non-hydrogen) atoms. The van der Waals surface area contributed by atoms with E-state index >= 15 is 0 Å². The van der Waals surface area contributed by atoms with Crippen LogP contribution in [0, 0.1) is 0 Å². The number of alkyl carbamates (subject to hydrolysis) is 1. The molecule has 166 valence electrons. The van der Waals surface area contributed by atoms with Gasteiger partial charge in [-0.05, 0) is 52.5 Å². The normalized spacial score (nSPS) is 25.0. The van der Waals surface area contributed by atoms with E-state index in [-0.39, 0.29) is 23.9 Å². The molecular formula is C23H32BN3O4. The highest BCUT2D eigenvalue weighted by atomic mass is 16.6. The second-order valence-corrected chi connectivity index (χ2v) is 10.2. The molecule has 1 aromatic carbocycles. The third-order valence-electron chi connectivity index (χ3n) is 6.41. The Morgan fingerprint density at radius 1 is 1.26 bits per heavy atom. The maximum Gasteiger partial charge on any atom is 0.414 e. The Bertz CT molecular complexity index is 933. The Morgan fingerprint density at radius 2 is 1.97 bits per heavy atom. The molecule has 0 aromatic heterocycles. The van der Waals surface area contributed by atoms with Gasteiger partial charge in [-0.25, -0.2) is 9.79 Å². The van der Waals surface area contributed by atoms with Gasteiger partial charge >= 0.3 is 6.09 Å². The Hall–Kier alpha value is -2.51. The van der Waals surface area contributed by atoms with Crippen LogP contribution in [0.3, 0.4) is 0 Å². The zero-order valence-electron chi connectivity index (χ0n) is 19.2. The van der Waals surface area contributed by atoms with Crippen molar-refractivity contribution in [1.82, 2.24) is 10.2 Å². The summed E-state index contributed by atoms with van der Waals surface area (Å²) in [5.74, 6) is 0.948. The highest BCUT2D eigenvalue weighted by Crippen LogP contribution is 2.53. The first-order chi connectivity index (χ1) is 14.5. The fourth-order valence-corrected chi connectivity index (χ4v) is 5.04. The molecule has 1 aromatic rings. The molecular weight excluding hydrogens is 393 g/mol. The lowest BCUT2D eigenvalue weighted by atomic mass is 9.68. The number of guanidine groups is 1. The van der Waals surface area contributed by atoms with Crippen LogP contribution >= 0.6 is 0 Å². The van der Waals surface area contributed by atoms with Gasteiger partial charge in [0.2, 0.25) is 11.9 Å². The molecule has 7 nitrogen and oxygen atoms in total. The lowest BCUT2D eigenvalue weighted by Gasteiger charge is -2.50. The SMILES string of the molecule is Bc1ccc2c(c1)C1(CC(=O)N(C)C(NC(=O)OC(C)(C)C)=N1)CC1(CCCCC1)O2. The van der Waals surface area contributed by atoms with E-state index < -0.39 is 17.2 Å². The highest BCUT2D eigenvalue weighted by molar-refractivity contribution is 6.32. The number of hydrogen-bond donors (Lipinski definition) is 1. The molecule has 3 aliphatic rings. The van der Waals surface area contributed by atoms with Crippen molar-refractivity contribution in [3.8, 4) is 5.75 Å². The number of aliphatic imine (C=N–C) groups is 1. The lowest BCUT2D eigenvalue weighted by molar-refractivity contribution is -0.130. The molecule has 2 spiro atoms. The molecule has 1 atom stereocenters. The molecule has 2 aliphatic heterocycles. The Kier molecular flexibility index (Phi) is 5.30. The molecule has 0 bridgehead atoms. The van der Waals surface area contributed by atoms with Crippen molar-refractivity contribution >= 4 is 31.3 Å². The van der Waals surface area contributed by atoms with Gasteiger partial charge in [0.1, 0.15) is 30.3 Å². The van der Waals surface area contributed by atoms with E-state index in [4.69, 9.17) is 14.5 Å². The molecule has 1 fully saturated rings. The third kappa shape index (κ3) is 4.30. The van der Waals surface area contributed by atoms with E-state index in [2.05, 4.69) is 11.4 Å². The summed E-state index contributed by atoms with van der Waals surface area (Å²) in [6.07, 6.45) is 5.60. The summed E-state index contributed by atoms with van der Waals surface area (Å²) in [5.41, 5.74) is 0.286. The highest BCUT2D eigenvalue weighted by Gasteiger charge is 2.53. The van der Waals surface area contributed by atoms with Crippen molar-refractivity contribution in [2.24, 2.45) is 4.99 Å². The Morgan fingerprint density at radius 3 is 2.65 bits per heavy atom. The van der Waals surface area contributed by atoms with E-state index in [9.17, 15) is 9.59 Å². The van der Waals surface area contributed by atoms with Crippen LogP contribution in [0.25, 0.3) is 0 Å². The molecule has 2 heterocycles. The standard InChI is InChI=1S/C23H32BN3O4/c1-21(2,3)31-20(29)25-19-26-23(13-18(28)27(19)4)14-22(10-6-5-7-11-22)30-17-9-8-15(24)12-16(17)23/h8-9,12H,5-7,10-11,13-14,24H2,1-4H3,(H,25,26,29). The predicted molar refractivity (Wildman–Crippen MR) is 122 cm³/mol. The number of benzene rings is 1. The van der Waals surface area contributed by atoms with Crippen LogP contribution in [0.2, 0.25) is 0 Å². The Balaban J connectivity index is 1.78. The van der Waals surface area contributed by atoms with Gasteiger partial charge in [0.25, 0.3) is 0 Å². The van der Waals surface area contributed by atoms with Crippen LogP contribution in [0.15, 0.2) is 23.2 Å². The molecule has 1 aliphatic carbocycles. The van der Waals surface area contributed by atoms with Crippen molar-refractivity contribution in [1.29, 1.82) is 0 Å². The monoisotopic (exact) mass is 425 g/mol. The molecule has 1 saturated carbocycles. The summed E-state index contributed by atoms with van der Waals surface area (Å²) in [5, 5.41) is 2.72. The van der Waals surface area contributed by atoms with Crippen LogP contribution in [-0.4, -0.2) is 49.0 Å². The van der Waals surface area contributed by atoms with E-state index in [0.29, 0.717) is 6.42 Å². The number of rotatable bonds is 0. The van der Waals surface area contributed by atoms with E-state index in [1.807, 2.05) is 20.0 Å². The molecule has 8 heteroatoms. The van der Waals surface area contributed by atoms with Crippen molar-refractivity contribution < 1.29 is 19.1 Å². The van der Waals surface area contributed by atoms with Gasteiger partial charge in [0.15, 0.2) is 0 Å². The number of nitrogens with zero attached hydrogens (tertiary/aromatic N) is 2. The molecule has 4 rings (SSSR count). The number of carbonyl (C=O) groups is 2. The van der Waals surface area contributed by atoms with Crippen LogP contribution in [0.4, 0.5) is 4.79 Å². The van der Waals surface area contributed by atoms with Gasteiger partial charge in [-0.2, -0.15) is 0 Å². The van der Waals surface area contributed by atoms with Crippen molar-refractivity contribution in [3.05, 3.63) is 23.8 Å². The van der Waals surface area contributed by atoms with Gasteiger partial charge in [0.05, 0.1) is 6.42 Å². The summed E-state index contributed by atoms with van der Waals surface area (Å²) in [6, 6.07) is 6.11. The number of hydrogen-bond acceptors (Lipinski definition) is 5. The maximum absolute atomic E-state index is 13.1. The van der Waals surface area contributed by atoms with Crippen LogP contribution in [0.5, 0.6) is 5.75 Å². The van der Waals surface area contributed by atoms with Crippen molar-refractivity contribution in [3.63, 3.8) is 0 Å². The molecule has 0 radical (unpaired) electrons. The number of ether oxygens (including phenoxy) is 2. The second kappa shape index (κ2) is 7.57. The fourth-order valence-electron chi connectivity index (χ4n) is 5.04. The van der Waals surface area contributed by atoms with Crippen LogP contribution in [0.1, 0.15) is 71.3 Å². The minimum absolute atomic E-state index is 0.0821. The minimum atomic E-state index is -0.759. The van der Waals surface area contributed by atoms with Gasteiger partial charge in [-0.3, -0.25) is 15.0 Å². The number of carbonyl (C=O) groups excluding carboxylic acids is 2. The van der Waals surface area contributed by atoms with Crippen LogP contribution in [-0.2, 0) is 15.1 Å². The zero-order valence-corrected chi connectivity index (χ0v) is 19.2. The predicted octanol–water partition coefficient (Wildman–Crippen LogP) is 2.37. The van der Waals surface area contributed by atoms with E-state index in [0.717, 1.165) is 42.5 Å². The number of nitrogens with one attached hydrogen (secondary N) is 1. The summed E-state index contributed by atoms with van der Waals surface area (Å²) in [4.78, 5) is 32.0. The van der Waals surface area contributed by atoms with Crippen LogP contribution < -0.4 is 15.5 Å². The summed E-state index contributed by atoms with van der Waals surface area (Å²) in [7, 11) is 3.66. The largest absolute Gasteiger partial charge is 0.487 e. The average molecular weight is 425 g/mol. The lowest BCUT2D eigenvalue weighted by Crippen LogP contribution is -2.57. The van der Waals surface area contributed by atoms with E-state index in [1.54, 1.807) is 27.8 Å². The first-order valence-corrected chi connectivity index (χ1v) is 11.2. The van der Waals surface area contributed by atoms with Gasteiger partial charge in [-0.15, -0.1) is 0 Å². The molecule has 1 unspecified atom stereocenters. The fraction of sp³-hybridized carbons (Fsp3) is 0.609. The average Bonchev–Trinajstić information content (AvgIpc) is 2.66. The first-order valence-electron chi connectivity index (χ1n) is 11.2. The molecule has 2 amide bonds. The Labute approximate surface area is 185 Å². The number of fused-ring (bicyclic) bond motifs is 2. The van der Waals surface area contributed by atoms with Gasteiger partial charge in [0, 0.05) is 19.0 Å². The first kappa shape index (κ1) is 21.7. The molecule has 1 N–H and O–H groups in total. The van der Waals surface area contributed by atoms with Crippen molar-refractivity contribution in [2.45, 2.75) is 82.5 Å². The summed E-state index contributed by atoms with van der Waals surface area (Å²) >= 11 is 0. The molecule has 0 saturated heterocycles. The van der Waals surface area contributed by atoms with Gasteiger partial charge < -0.3 is 9.47 Å². The number of amides is 2. The topological polar surface area (TPSA) is 80.2 Å². The quantitative estimate of drug-likeness (QED) is 0.648. The minimum Gasteiger partial charge on any atom is -0.487 e. The summed E-state index contributed by atoms with van der Waals surface area (Å²) < 4.78 is 12.0. The summed E-state index contributed by atoms with van der Waals surface area (Å²) in [6.45, 7) is 5.40. The zero-order chi connectivity index (χ0) is 22.4. The van der Waals surface area contributed by atoms with Crippen molar-refractivity contribution in [2.75, 3.05) is 7.05 Å². The maximum atomic E-state index is 13.1. The smallest absolute Gasteiger partial charge is 0.414 e. The second-order valence-electron chi connectivity index (χ2n) is 10.2. The van der Waals surface area contributed by atoms with E-state index in [1.165, 1.54) is 11.3 Å².